The Morgan fingerprint density at radius 2 is 1.89 bits per heavy atom. The first-order chi connectivity index (χ1) is 8.96. The number of anilines is 1. The molecule has 1 aromatic rings. The maximum absolute atomic E-state index is 12.2. The molecule has 2 unspecified atom stereocenters. The molecule has 5 heteroatoms. The largest absolute Gasteiger partial charge is 0.446 e. The Balaban J connectivity index is 1.89. The van der Waals surface area contributed by atoms with Crippen LogP contribution < -0.4 is 5.32 Å². The van der Waals surface area contributed by atoms with Crippen molar-refractivity contribution in [2.75, 3.05) is 5.32 Å². The van der Waals surface area contributed by atoms with Crippen LogP contribution in [-0.2, 0) is 0 Å². The summed E-state index contributed by atoms with van der Waals surface area (Å²) >= 11 is -0.0716. The van der Waals surface area contributed by atoms with Gasteiger partial charge in [0.15, 0.2) is 0 Å². The van der Waals surface area contributed by atoms with Gasteiger partial charge in [-0.2, -0.15) is 13.2 Å². The molecule has 1 aromatic carbocycles. The van der Waals surface area contributed by atoms with Gasteiger partial charge in [0.1, 0.15) is 0 Å². The fourth-order valence-electron chi connectivity index (χ4n) is 2.57. The molecule has 0 amide bonds. The fourth-order valence-corrected chi connectivity index (χ4v) is 3.10. The van der Waals surface area contributed by atoms with E-state index in [9.17, 15) is 13.2 Å². The van der Waals surface area contributed by atoms with Gasteiger partial charge in [-0.3, -0.25) is 0 Å². The Morgan fingerprint density at radius 3 is 2.42 bits per heavy atom. The summed E-state index contributed by atoms with van der Waals surface area (Å²) in [5.41, 5.74) is -3.30. The molecule has 0 spiro atoms. The van der Waals surface area contributed by atoms with Gasteiger partial charge in [-0.1, -0.05) is 13.3 Å². The summed E-state index contributed by atoms with van der Waals surface area (Å²) < 4.78 is 36.6. The SMILES string of the molecule is CCC1CCC(Nc2ccc(SC(F)(F)F)cc2)C1. The van der Waals surface area contributed by atoms with Crippen molar-refractivity contribution in [2.24, 2.45) is 5.92 Å². The standard InChI is InChI=1S/C14H18F3NS/c1-2-10-3-4-12(9-10)18-11-5-7-13(8-6-11)19-14(15,16)17/h5-8,10,12,18H,2-4,9H2,1H3. The first-order valence-corrected chi connectivity index (χ1v) is 7.40. The van der Waals surface area contributed by atoms with Gasteiger partial charge in [0.2, 0.25) is 0 Å². The summed E-state index contributed by atoms with van der Waals surface area (Å²) in [4.78, 5) is 0.232. The summed E-state index contributed by atoms with van der Waals surface area (Å²) in [5.74, 6) is 0.789. The van der Waals surface area contributed by atoms with Crippen molar-refractivity contribution in [2.45, 2.75) is 49.1 Å². The van der Waals surface area contributed by atoms with Crippen LogP contribution >= 0.6 is 11.8 Å². The molecule has 0 aromatic heterocycles. The summed E-state index contributed by atoms with van der Waals surface area (Å²) in [6.45, 7) is 2.20. The molecule has 1 saturated carbocycles. The number of hydrogen-bond acceptors (Lipinski definition) is 2. The van der Waals surface area contributed by atoms with Crippen LogP contribution in [0.1, 0.15) is 32.6 Å². The lowest BCUT2D eigenvalue weighted by Crippen LogP contribution is -2.15. The van der Waals surface area contributed by atoms with E-state index in [1.807, 2.05) is 0 Å². The zero-order valence-corrected chi connectivity index (χ0v) is 11.7. The van der Waals surface area contributed by atoms with Crippen molar-refractivity contribution >= 4 is 17.4 Å². The maximum Gasteiger partial charge on any atom is 0.446 e. The van der Waals surface area contributed by atoms with Gasteiger partial charge >= 0.3 is 5.51 Å². The number of rotatable bonds is 4. The molecule has 0 bridgehead atoms. The van der Waals surface area contributed by atoms with Crippen molar-refractivity contribution in [3.05, 3.63) is 24.3 Å². The van der Waals surface area contributed by atoms with Gasteiger partial charge in [-0.05, 0) is 61.2 Å². The molecule has 1 aliphatic carbocycles. The van der Waals surface area contributed by atoms with Crippen molar-refractivity contribution in [3.8, 4) is 0 Å². The molecule has 0 aliphatic heterocycles. The van der Waals surface area contributed by atoms with Crippen LogP contribution in [0.2, 0.25) is 0 Å². The van der Waals surface area contributed by atoms with Crippen LogP contribution in [-0.4, -0.2) is 11.6 Å². The summed E-state index contributed by atoms with van der Waals surface area (Å²) in [7, 11) is 0. The predicted octanol–water partition coefficient (Wildman–Crippen LogP) is 5.29. The second kappa shape index (κ2) is 6.07. The molecule has 2 rings (SSSR count). The van der Waals surface area contributed by atoms with E-state index >= 15 is 0 Å². The molecule has 1 aliphatic rings. The molecule has 1 N–H and O–H groups in total. The number of halogens is 3. The summed E-state index contributed by atoms with van der Waals surface area (Å²) in [6.07, 6.45) is 4.77. The molecule has 106 valence electrons. The highest BCUT2D eigenvalue weighted by Crippen LogP contribution is 2.37. The fraction of sp³-hybridized carbons (Fsp3) is 0.571. The highest BCUT2D eigenvalue weighted by molar-refractivity contribution is 8.00. The van der Waals surface area contributed by atoms with Crippen LogP contribution in [0.15, 0.2) is 29.2 Å². The molecular formula is C14H18F3NS. The van der Waals surface area contributed by atoms with E-state index in [0.29, 0.717) is 6.04 Å². The van der Waals surface area contributed by atoms with Crippen LogP contribution in [0.3, 0.4) is 0 Å². The minimum absolute atomic E-state index is 0.0716. The van der Waals surface area contributed by atoms with E-state index in [4.69, 9.17) is 0 Å². The normalized spacial score (nSPS) is 23.6. The number of nitrogens with one attached hydrogen (secondary N) is 1. The Kier molecular flexibility index (Phi) is 4.66. The molecule has 2 atom stereocenters. The average molecular weight is 289 g/mol. The van der Waals surface area contributed by atoms with E-state index in [0.717, 1.165) is 24.4 Å². The third-order valence-corrected chi connectivity index (χ3v) is 4.32. The average Bonchev–Trinajstić information content (AvgIpc) is 2.77. The van der Waals surface area contributed by atoms with Gasteiger partial charge in [0, 0.05) is 16.6 Å². The minimum Gasteiger partial charge on any atom is -0.382 e. The number of hydrogen-bond donors (Lipinski definition) is 1. The first kappa shape index (κ1) is 14.6. The number of benzene rings is 1. The van der Waals surface area contributed by atoms with Gasteiger partial charge in [0.25, 0.3) is 0 Å². The Morgan fingerprint density at radius 1 is 1.21 bits per heavy atom. The van der Waals surface area contributed by atoms with Crippen molar-refractivity contribution in [1.29, 1.82) is 0 Å². The van der Waals surface area contributed by atoms with Crippen LogP contribution in [0.5, 0.6) is 0 Å². The third kappa shape index (κ3) is 4.64. The van der Waals surface area contributed by atoms with E-state index in [-0.39, 0.29) is 16.7 Å². The van der Waals surface area contributed by atoms with Gasteiger partial charge in [-0.25, -0.2) is 0 Å². The Labute approximate surface area is 116 Å². The third-order valence-electron chi connectivity index (χ3n) is 3.58. The van der Waals surface area contributed by atoms with Gasteiger partial charge < -0.3 is 5.32 Å². The van der Waals surface area contributed by atoms with E-state index in [1.54, 1.807) is 12.1 Å². The molecule has 1 fully saturated rings. The van der Waals surface area contributed by atoms with Crippen molar-refractivity contribution in [1.82, 2.24) is 0 Å². The number of thioether (sulfide) groups is 1. The van der Waals surface area contributed by atoms with Crippen LogP contribution in [0.25, 0.3) is 0 Å². The zero-order chi connectivity index (χ0) is 13.9. The second-order valence-corrected chi connectivity index (χ2v) is 6.14. The monoisotopic (exact) mass is 289 g/mol. The van der Waals surface area contributed by atoms with Crippen molar-refractivity contribution in [3.63, 3.8) is 0 Å². The first-order valence-electron chi connectivity index (χ1n) is 6.58. The van der Waals surface area contributed by atoms with Crippen LogP contribution in [0, 0.1) is 5.92 Å². The van der Waals surface area contributed by atoms with Crippen molar-refractivity contribution < 1.29 is 13.2 Å². The van der Waals surface area contributed by atoms with Gasteiger partial charge in [0.05, 0.1) is 0 Å². The lowest BCUT2D eigenvalue weighted by Gasteiger charge is -2.15. The smallest absolute Gasteiger partial charge is 0.382 e. The lowest BCUT2D eigenvalue weighted by atomic mass is 10.1. The summed E-state index contributed by atoms with van der Waals surface area (Å²) in [6, 6.07) is 6.96. The van der Waals surface area contributed by atoms with Gasteiger partial charge in [-0.15, -0.1) is 0 Å². The van der Waals surface area contributed by atoms with E-state index in [1.165, 1.54) is 25.0 Å². The zero-order valence-electron chi connectivity index (χ0n) is 10.8. The lowest BCUT2D eigenvalue weighted by molar-refractivity contribution is -0.0328. The Bertz CT molecular complexity index is 402. The van der Waals surface area contributed by atoms with Crippen LogP contribution in [0.4, 0.5) is 18.9 Å². The highest BCUT2D eigenvalue weighted by atomic mass is 32.2. The molecule has 19 heavy (non-hydrogen) atoms. The minimum atomic E-state index is -4.21. The molecule has 1 nitrogen and oxygen atoms in total. The Hall–Kier alpha value is -0.840. The quantitative estimate of drug-likeness (QED) is 0.756. The molecular weight excluding hydrogens is 271 g/mol. The summed E-state index contributed by atoms with van der Waals surface area (Å²) in [5, 5.41) is 3.40. The number of alkyl halides is 3. The van der Waals surface area contributed by atoms with E-state index in [2.05, 4.69) is 12.2 Å². The highest BCUT2D eigenvalue weighted by Gasteiger charge is 2.29. The molecule has 0 heterocycles. The maximum atomic E-state index is 12.2. The molecule has 0 saturated heterocycles. The van der Waals surface area contributed by atoms with E-state index < -0.39 is 5.51 Å². The molecule has 0 radical (unpaired) electrons. The predicted molar refractivity (Wildman–Crippen MR) is 73.4 cm³/mol. The second-order valence-electron chi connectivity index (χ2n) is 5.00. The topological polar surface area (TPSA) is 12.0 Å².